The molecule has 0 aliphatic heterocycles. The molecular weight excluding hydrogens is 410 g/mol. The first-order chi connectivity index (χ1) is 9.05. The Morgan fingerprint density at radius 1 is 1.30 bits per heavy atom. The fraction of sp³-hybridized carbons (Fsp3) is 0.538. The predicted molar refractivity (Wildman–Crippen MR) is 85.1 cm³/mol. The van der Waals surface area contributed by atoms with E-state index in [1.165, 1.54) is 0 Å². The fourth-order valence-electron chi connectivity index (χ4n) is 2.19. The summed E-state index contributed by atoms with van der Waals surface area (Å²) in [5.74, 6) is 0. The molecule has 4 nitrogen and oxygen atoms in total. The minimum atomic E-state index is -3.62. The van der Waals surface area contributed by atoms with Crippen LogP contribution < -0.4 is 4.72 Å². The largest absolute Gasteiger partial charge is 0.392 e. The third-order valence-corrected chi connectivity index (χ3v) is 7.30. The maximum absolute atomic E-state index is 12.5. The van der Waals surface area contributed by atoms with E-state index in [0.717, 1.165) is 10.0 Å². The van der Waals surface area contributed by atoms with Crippen LogP contribution in [-0.4, -0.2) is 25.7 Å². The molecule has 2 atom stereocenters. The minimum Gasteiger partial charge on any atom is -0.392 e. The molecule has 1 aromatic carbocycles. The van der Waals surface area contributed by atoms with Gasteiger partial charge in [-0.1, -0.05) is 29.8 Å². The Morgan fingerprint density at radius 2 is 1.90 bits per heavy atom. The van der Waals surface area contributed by atoms with Gasteiger partial charge in [0.15, 0.2) is 0 Å². The highest BCUT2D eigenvalue weighted by Gasteiger charge is 2.49. The first-order valence-corrected chi connectivity index (χ1v) is 9.28. The molecule has 1 fully saturated rings. The molecule has 2 N–H and O–H groups in total. The quantitative estimate of drug-likeness (QED) is 0.780. The molecule has 0 saturated heterocycles. The number of benzene rings is 1. The van der Waals surface area contributed by atoms with Crippen molar-refractivity contribution in [2.75, 3.05) is 0 Å². The van der Waals surface area contributed by atoms with Crippen LogP contribution in [0.2, 0.25) is 0 Å². The van der Waals surface area contributed by atoms with Gasteiger partial charge in [-0.2, -0.15) is 0 Å². The van der Waals surface area contributed by atoms with Crippen LogP contribution in [-0.2, 0) is 10.0 Å². The zero-order chi connectivity index (χ0) is 15.3. The van der Waals surface area contributed by atoms with Gasteiger partial charge < -0.3 is 5.11 Å². The summed E-state index contributed by atoms with van der Waals surface area (Å²) in [6, 6.07) is 3.10. The Morgan fingerprint density at radius 3 is 2.40 bits per heavy atom. The van der Waals surface area contributed by atoms with Crippen LogP contribution in [0.1, 0.15) is 25.8 Å². The van der Waals surface area contributed by atoms with Gasteiger partial charge in [-0.25, -0.2) is 13.1 Å². The van der Waals surface area contributed by atoms with Gasteiger partial charge in [-0.3, -0.25) is 0 Å². The van der Waals surface area contributed by atoms with E-state index >= 15 is 0 Å². The number of aliphatic hydroxyl groups excluding tert-OH is 1. The van der Waals surface area contributed by atoms with Gasteiger partial charge in [0.05, 0.1) is 11.0 Å². The van der Waals surface area contributed by atoms with E-state index < -0.39 is 21.5 Å². The number of hydrogen-bond donors (Lipinski definition) is 2. The predicted octanol–water partition coefficient (Wildman–Crippen LogP) is 2.96. The molecule has 20 heavy (non-hydrogen) atoms. The van der Waals surface area contributed by atoms with Crippen LogP contribution in [0, 0.1) is 12.3 Å². The SMILES string of the molecule is Cc1cc(Br)c(S(=O)(=O)NC2CC(O)C2(C)C)cc1Br. The van der Waals surface area contributed by atoms with Gasteiger partial charge in [0.25, 0.3) is 0 Å². The average molecular weight is 427 g/mol. The number of halogens is 2. The molecule has 0 bridgehead atoms. The molecule has 0 heterocycles. The summed E-state index contributed by atoms with van der Waals surface area (Å²) in [5, 5.41) is 9.70. The molecule has 2 rings (SSSR count). The highest BCUT2D eigenvalue weighted by atomic mass is 79.9. The molecule has 1 saturated carbocycles. The molecule has 2 unspecified atom stereocenters. The molecule has 1 aliphatic carbocycles. The summed E-state index contributed by atoms with van der Waals surface area (Å²) >= 11 is 6.65. The lowest BCUT2D eigenvalue weighted by Crippen LogP contribution is -2.61. The summed E-state index contributed by atoms with van der Waals surface area (Å²) in [5.41, 5.74) is 0.511. The monoisotopic (exact) mass is 425 g/mol. The fourth-order valence-corrected chi connectivity index (χ4v) is 5.27. The van der Waals surface area contributed by atoms with Gasteiger partial charge in [-0.15, -0.1) is 0 Å². The zero-order valence-electron chi connectivity index (χ0n) is 11.4. The van der Waals surface area contributed by atoms with Crippen molar-refractivity contribution in [2.24, 2.45) is 5.41 Å². The second-order valence-corrected chi connectivity index (χ2v) is 9.17. The zero-order valence-corrected chi connectivity index (χ0v) is 15.4. The van der Waals surface area contributed by atoms with Crippen LogP contribution in [0.4, 0.5) is 0 Å². The summed E-state index contributed by atoms with van der Waals surface area (Å²) in [4.78, 5) is 0.201. The lowest BCUT2D eigenvalue weighted by molar-refractivity contribution is -0.0645. The lowest BCUT2D eigenvalue weighted by atomic mass is 9.65. The molecule has 1 aliphatic rings. The molecule has 0 amide bonds. The Kier molecular flexibility index (Phi) is 4.40. The summed E-state index contributed by atoms with van der Waals surface area (Å²) in [7, 11) is -3.62. The van der Waals surface area contributed by atoms with Gasteiger partial charge in [0, 0.05) is 20.4 Å². The Labute approximate surface area is 136 Å². The normalized spacial score (nSPS) is 25.3. The van der Waals surface area contributed by atoms with Gasteiger partial charge >= 0.3 is 0 Å². The number of aliphatic hydroxyl groups is 1. The smallest absolute Gasteiger partial charge is 0.242 e. The van der Waals surface area contributed by atoms with E-state index in [1.54, 1.807) is 12.1 Å². The van der Waals surface area contributed by atoms with Crippen molar-refractivity contribution in [1.29, 1.82) is 0 Å². The van der Waals surface area contributed by atoms with Crippen LogP contribution in [0.25, 0.3) is 0 Å². The van der Waals surface area contributed by atoms with Crippen LogP contribution in [0.15, 0.2) is 26.0 Å². The van der Waals surface area contributed by atoms with E-state index in [9.17, 15) is 13.5 Å². The number of aryl methyl sites for hydroxylation is 1. The number of hydrogen-bond acceptors (Lipinski definition) is 3. The first kappa shape index (κ1) is 16.4. The van der Waals surface area contributed by atoms with Crippen LogP contribution in [0.3, 0.4) is 0 Å². The van der Waals surface area contributed by atoms with E-state index in [4.69, 9.17) is 0 Å². The van der Waals surface area contributed by atoms with E-state index in [1.807, 2.05) is 20.8 Å². The van der Waals surface area contributed by atoms with Crippen molar-refractivity contribution in [3.63, 3.8) is 0 Å². The standard InChI is InChI=1S/C13H17Br2NO3S/c1-7-4-9(15)10(5-8(7)14)20(18,19)16-11-6-12(17)13(11,2)3/h4-5,11-12,16-17H,6H2,1-3H3. The van der Waals surface area contributed by atoms with Crippen molar-refractivity contribution in [1.82, 2.24) is 4.72 Å². The minimum absolute atomic E-state index is 0.201. The van der Waals surface area contributed by atoms with Crippen molar-refractivity contribution < 1.29 is 13.5 Å². The Bertz CT molecular complexity index is 643. The molecule has 1 aromatic rings. The highest BCUT2D eigenvalue weighted by molar-refractivity contribution is 9.11. The van der Waals surface area contributed by atoms with Gasteiger partial charge in [0.2, 0.25) is 10.0 Å². The maximum atomic E-state index is 12.5. The van der Waals surface area contributed by atoms with Crippen molar-refractivity contribution in [3.8, 4) is 0 Å². The van der Waals surface area contributed by atoms with Crippen molar-refractivity contribution in [2.45, 2.75) is 44.2 Å². The average Bonchev–Trinajstić information content (AvgIpc) is 2.33. The second kappa shape index (κ2) is 5.35. The van der Waals surface area contributed by atoms with E-state index in [2.05, 4.69) is 36.6 Å². The second-order valence-electron chi connectivity index (χ2n) is 5.78. The first-order valence-electron chi connectivity index (χ1n) is 6.21. The third-order valence-electron chi connectivity index (χ3n) is 4.02. The van der Waals surface area contributed by atoms with Crippen molar-refractivity contribution in [3.05, 3.63) is 26.6 Å². The van der Waals surface area contributed by atoms with E-state index in [0.29, 0.717) is 10.9 Å². The number of sulfonamides is 1. The summed E-state index contributed by atoms with van der Waals surface area (Å²) in [6.07, 6.45) is -0.0277. The van der Waals surface area contributed by atoms with Crippen LogP contribution in [0.5, 0.6) is 0 Å². The van der Waals surface area contributed by atoms with Crippen LogP contribution >= 0.6 is 31.9 Å². The van der Waals surface area contributed by atoms with Gasteiger partial charge in [-0.05, 0) is 47.0 Å². The molecule has 112 valence electrons. The molecular formula is C13H17Br2NO3S. The Hall–Kier alpha value is 0.0500. The third kappa shape index (κ3) is 2.83. The number of nitrogens with one attached hydrogen (secondary N) is 1. The Balaban J connectivity index is 2.31. The molecule has 0 spiro atoms. The number of rotatable bonds is 3. The topological polar surface area (TPSA) is 66.4 Å². The summed E-state index contributed by atoms with van der Waals surface area (Å²) in [6.45, 7) is 5.60. The van der Waals surface area contributed by atoms with Crippen molar-refractivity contribution >= 4 is 41.9 Å². The van der Waals surface area contributed by atoms with E-state index in [-0.39, 0.29) is 10.9 Å². The molecule has 0 radical (unpaired) electrons. The summed E-state index contributed by atoms with van der Waals surface area (Å²) < 4.78 is 28.9. The molecule has 0 aromatic heterocycles. The maximum Gasteiger partial charge on any atom is 0.242 e. The molecule has 7 heteroatoms. The lowest BCUT2D eigenvalue weighted by Gasteiger charge is -2.49. The van der Waals surface area contributed by atoms with Gasteiger partial charge in [0.1, 0.15) is 0 Å². The highest BCUT2D eigenvalue weighted by Crippen LogP contribution is 2.41.